The number of nitrogens with zero attached hydrogens (tertiary/aromatic N) is 1. The molecule has 0 aliphatic carbocycles. The Labute approximate surface area is 145 Å². The number of amides is 1. The third-order valence-corrected chi connectivity index (χ3v) is 6.85. The van der Waals surface area contributed by atoms with Gasteiger partial charge in [0.2, 0.25) is 10.0 Å². The molecule has 6 nitrogen and oxygen atoms in total. The van der Waals surface area contributed by atoms with Crippen molar-refractivity contribution in [2.24, 2.45) is 0 Å². The Balaban J connectivity index is 1.71. The zero-order valence-corrected chi connectivity index (χ0v) is 15.0. The lowest BCUT2D eigenvalue weighted by atomic mass is 10.3. The van der Waals surface area contributed by atoms with Gasteiger partial charge in [-0.2, -0.15) is 4.31 Å². The van der Waals surface area contributed by atoms with Gasteiger partial charge in [-0.25, -0.2) is 8.42 Å². The zero-order chi connectivity index (χ0) is 17.2. The van der Waals surface area contributed by atoms with E-state index in [1.54, 1.807) is 30.3 Å². The fraction of sp³-hybridized carbons (Fsp3) is 0.312. The van der Waals surface area contributed by atoms with Crippen LogP contribution in [0, 0.1) is 0 Å². The van der Waals surface area contributed by atoms with E-state index in [0.29, 0.717) is 23.7 Å². The average molecular weight is 366 g/mol. The second-order valence-corrected chi connectivity index (χ2v) is 8.70. The highest BCUT2D eigenvalue weighted by atomic mass is 32.2. The Kier molecular flexibility index (Phi) is 5.00. The van der Waals surface area contributed by atoms with Crippen LogP contribution in [0.4, 0.5) is 5.69 Å². The topological polar surface area (TPSA) is 70.9 Å². The van der Waals surface area contributed by atoms with Gasteiger partial charge in [0.25, 0.3) is 5.91 Å². The Bertz CT molecular complexity index is 794. The van der Waals surface area contributed by atoms with E-state index < -0.39 is 10.0 Å². The maximum atomic E-state index is 12.6. The number of nitrogens with one attached hydrogen (secondary N) is 2. The van der Waals surface area contributed by atoms with Gasteiger partial charge in [-0.05, 0) is 35.7 Å². The molecule has 1 aliphatic heterocycles. The molecule has 2 aromatic rings. The fourth-order valence-corrected chi connectivity index (χ4v) is 4.63. The van der Waals surface area contributed by atoms with Crippen LogP contribution in [-0.4, -0.2) is 51.9 Å². The van der Waals surface area contributed by atoms with Crippen molar-refractivity contribution in [3.05, 3.63) is 46.7 Å². The average Bonchev–Trinajstić information content (AvgIpc) is 3.10. The molecule has 1 aliphatic rings. The number of thiophene rings is 1. The van der Waals surface area contributed by atoms with Gasteiger partial charge in [0, 0.05) is 5.69 Å². The number of piperazine rings is 1. The number of likely N-dealkylation sites (N-methyl/N-ethyl adjacent to an activating group) is 1. The normalized spacial score (nSPS) is 16.9. The molecular weight excluding hydrogens is 346 g/mol. The lowest BCUT2D eigenvalue weighted by molar-refractivity contribution is -0.883. The summed E-state index contributed by atoms with van der Waals surface area (Å²) < 4.78 is 26.8. The molecule has 0 atom stereocenters. The third-order valence-electron chi connectivity index (χ3n) is 4.07. The molecule has 2 heterocycles. The molecule has 1 aromatic carbocycles. The van der Waals surface area contributed by atoms with Crippen molar-refractivity contribution in [1.82, 2.24) is 4.31 Å². The molecule has 0 saturated carbocycles. The molecule has 0 bridgehead atoms. The van der Waals surface area contributed by atoms with Gasteiger partial charge < -0.3 is 10.2 Å². The summed E-state index contributed by atoms with van der Waals surface area (Å²) in [5, 5.41) is 4.60. The first-order chi connectivity index (χ1) is 11.5. The fourth-order valence-electron chi connectivity index (χ4n) is 2.57. The molecular formula is C16H20N3O3S2+. The molecule has 1 fully saturated rings. The summed E-state index contributed by atoms with van der Waals surface area (Å²) in [6.45, 7) is 2.69. The van der Waals surface area contributed by atoms with Crippen LogP contribution in [0.2, 0.25) is 0 Å². The minimum atomic E-state index is -3.46. The Morgan fingerprint density at radius 1 is 1.17 bits per heavy atom. The van der Waals surface area contributed by atoms with Crippen LogP contribution in [0.1, 0.15) is 9.67 Å². The van der Waals surface area contributed by atoms with Crippen LogP contribution in [0.15, 0.2) is 46.7 Å². The summed E-state index contributed by atoms with van der Waals surface area (Å²) in [4.78, 5) is 14.2. The van der Waals surface area contributed by atoms with E-state index in [9.17, 15) is 13.2 Å². The van der Waals surface area contributed by atoms with Gasteiger partial charge >= 0.3 is 0 Å². The molecule has 1 amide bonds. The molecule has 1 aromatic heterocycles. The Morgan fingerprint density at radius 3 is 2.42 bits per heavy atom. The van der Waals surface area contributed by atoms with Crippen LogP contribution < -0.4 is 10.2 Å². The van der Waals surface area contributed by atoms with Gasteiger partial charge in [-0.15, -0.1) is 11.3 Å². The molecule has 0 unspecified atom stereocenters. The van der Waals surface area contributed by atoms with Gasteiger partial charge in [0.1, 0.15) is 0 Å². The lowest BCUT2D eigenvalue weighted by Gasteiger charge is -2.29. The van der Waals surface area contributed by atoms with E-state index in [1.807, 2.05) is 11.4 Å². The van der Waals surface area contributed by atoms with Crippen LogP contribution >= 0.6 is 11.3 Å². The summed E-state index contributed by atoms with van der Waals surface area (Å²) in [7, 11) is -1.40. The van der Waals surface area contributed by atoms with Crippen LogP contribution in [0.3, 0.4) is 0 Å². The molecule has 1 saturated heterocycles. The van der Waals surface area contributed by atoms with Crippen molar-refractivity contribution >= 4 is 33.0 Å². The van der Waals surface area contributed by atoms with Crippen molar-refractivity contribution in [3.8, 4) is 0 Å². The van der Waals surface area contributed by atoms with Crippen LogP contribution in [-0.2, 0) is 10.0 Å². The maximum Gasteiger partial charge on any atom is 0.265 e. The highest BCUT2D eigenvalue weighted by Gasteiger charge is 2.28. The first kappa shape index (κ1) is 17.1. The standard InChI is InChI=1S/C16H19N3O3S2/c1-18-8-10-19(11-9-18)24(21,22)14-6-4-13(5-7-14)17-16(20)15-3-2-12-23-15/h2-7,12H,8-11H2,1H3,(H,17,20)/p+1. The highest BCUT2D eigenvalue weighted by molar-refractivity contribution is 7.89. The highest BCUT2D eigenvalue weighted by Crippen LogP contribution is 2.19. The summed E-state index contributed by atoms with van der Waals surface area (Å²) in [6, 6.07) is 9.90. The van der Waals surface area contributed by atoms with E-state index in [2.05, 4.69) is 12.4 Å². The van der Waals surface area contributed by atoms with Gasteiger partial charge in [0.05, 0.1) is 43.0 Å². The summed E-state index contributed by atoms with van der Waals surface area (Å²) in [5.41, 5.74) is 0.579. The monoisotopic (exact) mass is 366 g/mol. The number of benzene rings is 1. The smallest absolute Gasteiger partial charge is 0.265 e. The van der Waals surface area contributed by atoms with Crippen molar-refractivity contribution < 1.29 is 18.1 Å². The summed E-state index contributed by atoms with van der Waals surface area (Å²) >= 11 is 1.36. The number of sulfonamides is 1. The maximum absolute atomic E-state index is 12.6. The Hall–Kier alpha value is -1.74. The molecule has 0 radical (unpaired) electrons. The van der Waals surface area contributed by atoms with Crippen molar-refractivity contribution in [1.29, 1.82) is 0 Å². The van der Waals surface area contributed by atoms with Gasteiger partial charge in [-0.1, -0.05) is 6.07 Å². The zero-order valence-electron chi connectivity index (χ0n) is 13.4. The summed E-state index contributed by atoms with van der Waals surface area (Å²) in [6.07, 6.45) is 0. The van der Waals surface area contributed by atoms with E-state index in [4.69, 9.17) is 0 Å². The second kappa shape index (κ2) is 7.02. The molecule has 2 N–H and O–H groups in total. The first-order valence-corrected chi connectivity index (χ1v) is 10.0. The third kappa shape index (κ3) is 3.67. The number of quaternary nitrogens is 1. The molecule has 3 rings (SSSR count). The van der Waals surface area contributed by atoms with E-state index in [0.717, 1.165) is 13.1 Å². The predicted octanol–water partition coefficient (Wildman–Crippen LogP) is 0.519. The summed E-state index contributed by atoms with van der Waals surface area (Å²) in [5.74, 6) is -0.192. The SMILES string of the molecule is C[NH+]1CCN(S(=O)(=O)c2ccc(NC(=O)c3cccs3)cc2)CC1. The number of hydrogen-bond acceptors (Lipinski definition) is 4. The number of hydrogen-bond donors (Lipinski definition) is 2. The number of anilines is 1. The number of rotatable bonds is 4. The lowest BCUT2D eigenvalue weighted by Crippen LogP contribution is -3.12. The van der Waals surface area contributed by atoms with E-state index in [-0.39, 0.29) is 10.8 Å². The molecule has 128 valence electrons. The minimum absolute atomic E-state index is 0.192. The Morgan fingerprint density at radius 2 is 1.83 bits per heavy atom. The minimum Gasteiger partial charge on any atom is -0.335 e. The predicted molar refractivity (Wildman–Crippen MR) is 94.1 cm³/mol. The quantitative estimate of drug-likeness (QED) is 0.829. The molecule has 8 heteroatoms. The van der Waals surface area contributed by atoms with Crippen molar-refractivity contribution in [3.63, 3.8) is 0 Å². The van der Waals surface area contributed by atoms with Crippen molar-refractivity contribution in [2.75, 3.05) is 38.5 Å². The number of carbonyl (C=O) groups is 1. The van der Waals surface area contributed by atoms with Crippen LogP contribution in [0.25, 0.3) is 0 Å². The van der Waals surface area contributed by atoms with Crippen molar-refractivity contribution in [2.45, 2.75) is 4.90 Å². The van der Waals surface area contributed by atoms with E-state index in [1.165, 1.54) is 20.5 Å². The molecule has 0 spiro atoms. The first-order valence-electron chi connectivity index (χ1n) is 7.73. The van der Waals surface area contributed by atoms with Gasteiger partial charge in [-0.3, -0.25) is 4.79 Å². The number of carbonyl (C=O) groups excluding carboxylic acids is 1. The van der Waals surface area contributed by atoms with E-state index >= 15 is 0 Å². The second-order valence-electron chi connectivity index (χ2n) is 5.82. The largest absolute Gasteiger partial charge is 0.335 e. The van der Waals surface area contributed by atoms with Gasteiger partial charge in [0.15, 0.2) is 0 Å². The van der Waals surface area contributed by atoms with Crippen LogP contribution in [0.5, 0.6) is 0 Å². The molecule has 24 heavy (non-hydrogen) atoms.